The summed E-state index contributed by atoms with van der Waals surface area (Å²) in [5.41, 5.74) is 1.16. The highest BCUT2D eigenvalue weighted by Crippen LogP contribution is 2.18. The molecule has 0 spiro atoms. The fraction of sp³-hybridized carbons (Fsp3) is 0.333. The number of hydrogen-bond donors (Lipinski definition) is 1. The van der Waals surface area contributed by atoms with E-state index >= 15 is 0 Å². The monoisotopic (exact) mass is 301 g/mol. The van der Waals surface area contributed by atoms with E-state index in [2.05, 4.69) is 11.4 Å². The summed E-state index contributed by atoms with van der Waals surface area (Å²) >= 11 is 0. The maximum atomic E-state index is 5.67. The predicted molar refractivity (Wildman–Crippen MR) is 87.8 cm³/mol. The molecule has 0 aliphatic carbocycles. The van der Waals surface area contributed by atoms with Gasteiger partial charge in [0.05, 0.1) is 13.7 Å². The largest absolute Gasteiger partial charge is 0.497 e. The van der Waals surface area contributed by atoms with Crippen LogP contribution in [0.2, 0.25) is 0 Å². The van der Waals surface area contributed by atoms with Gasteiger partial charge < -0.3 is 19.5 Å². The van der Waals surface area contributed by atoms with Crippen molar-refractivity contribution in [2.24, 2.45) is 0 Å². The third-order valence-corrected chi connectivity index (χ3v) is 3.19. The van der Waals surface area contributed by atoms with Crippen LogP contribution >= 0.6 is 0 Å². The molecule has 2 aromatic carbocycles. The lowest BCUT2D eigenvalue weighted by Gasteiger charge is -2.11. The van der Waals surface area contributed by atoms with E-state index in [9.17, 15) is 0 Å². The van der Waals surface area contributed by atoms with Gasteiger partial charge in [0.2, 0.25) is 0 Å². The molecule has 0 radical (unpaired) electrons. The molecule has 0 atom stereocenters. The minimum atomic E-state index is 0.614. The summed E-state index contributed by atoms with van der Waals surface area (Å²) in [6.45, 7) is 4.82. The normalized spacial score (nSPS) is 10.3. The average molecular weight is 301 g/mol. The summed E-state index contributed by atoms with van der Waals surface area (Å²) in [4.78, 5) is 0. The number of rotatable bonds is 9. The molecule has 0 aromatic heterocycles. The van der Waals surface area contributed by atoms with Crippen LogP contribution in [0.1, 0.15) is 12.5 Å². The minimum Gasteiger partial charge on any atom is -0.497 e. The number of para-hydroxylation sites is 1. The molecule has 0 amide bonds. The fourth-order valence-corrected chi connectivity index (χ4v) is 2.08. The van der Waals surface area contributed by atoms with Crippen LogP contribution in [0.25, 0.3) is 0 Å². The lowest BCUT2D eigenvalue weighted by molar-refractivity contribution is 0.310. The van der Waals surface area contributed by atoms with Crippen LogP contribution in [-0.2, 0) is 6.54 Å². The van der Waals surface area contributed by atoms with Gasteiger partial charge >= 0.3 is 0 Å². The van der Waals surface area contributed by atoms with Crippen LogP contribution in [0.15, 0.2) is 48.5 Å². The van der Waals surface area contributed by atoms with Crippen LogP contribution in [0.3, 0.4) is 0 Å². The fourth-order valence-electron chi connectivity index (χ4n) is 2.08. The average Bonchev–Trinajstić information content (AvgIpc) is 2.57. The summed E-state index contributed by atoms with van der Waals surface area (Å²) in [6, 6.07) is 15.7. The van der Waals surface area contributed by atoms with Crippen molar-refractivity contribution in [3.05, 3.63) is 54.1 Å². The molecule has 4 nitrogen and oxygen atoms in total. The molecule has 0 saturated heterocycles. The maximum absolute atomic E-state index is 5.67. The van der Waals surface area contributed by atoms with Crippen molar-refractivity contribution in [1.82, 2.24) is 5.32 Å². The number of hydrogen-bond acceptors (Lipinski definition) is 4. The van der Waals surface area contributed by atoms with Crippen LogP contribution in [0, 0.1) is 0 Å². The Morgan fingerprint density at radius 3 is 2.36 bits per heavy atom. The number of nitrogens with one attached hydrogen (secondary N) is 1. The van der Waals surface area contributed by atoms with Crippen molar-refractivity contribution in [1.29, 1.82) is 0 Å². The van der Waals surface area contributed by atoms with E-state index in [0.29, 0.717) is 13.2 Å². The van der Waals surface area contributed by atoms with Crippen molar-refractivity contribution in [3.63, 3.8) is 0 Å². The SMILES string of the molecule is CCOc1ccccc1CNCCOc1ccc(OC)cc1. The maximum Gasteiger partial charge on any atom is 0.123 e. The van der Waals surface area contributed by atoms with E-state index in [4.69, 9.17) is 14.2 Å². The van der Waals surface area contributed by atoms with E-state index < -0.39 is 0 Å². The summed E-state index contributed by atoms with van der Waals surface area (Å²) < 4.78 is 16.4. The van der Waals surface area contributed by atoms with Crippen molar-refractivity contribution >= 4 is 0 Å². The van der Waals surface area contributed by atoms with Gasteiger partial charge in [-0.25, -0.2) is 0 Å². The summed E-state index contributed by atoms with van der Waals surface area (Å²) in [5, 5.41) is 3.36. The lowest BCUT2D eigenvalue weighted by atomic mass is 10.2. The second-order valence-corrected chi connectivity index (χ2v) is 4.74. The van der Waals surface area contributed by atoms with Gasteiger partial charge in [0.15, 0.2) is 0 Å². The van der Waals surface area contributed by atoms with Gasteiger partial charge in [0.1, 0.15) is 23.9 Å². The Morgan fingerprint density at radius 2 is 1.64 bits per heavy atom. The van der Waals surface area contributed by atoms with E-state index in [1.807, 2.05) is 49.4 Å². The lowest BCUT2D eigenvalue weighted by Crippen LogP contribution is -2.21. The molecule has 0 saturated carbocycles. The third-order valence-electron chi connectivity index (χ3n) is 3.19. The highest BCUT2D eigenvalue weighted by Gasteiger charge is 2.01. The first-order valence-corrected chi connectivity index (χ1v) is 7.51. The van der Waals surface area contributed by atoms with E-state index in [1.165, 1.54) is 0 Å². The Labute approximate surface area is 132 Å². The Kier molecular flexibility index (Phi) is 6.58. The van der Waals surface area contributed by atoms with Crippen LogP contribution < -0.4 is 19.5 Å². The molecule has 0 aliphatic heterocycles. The van der Waals surface area contributed by atoms with E-state index in [0.717, 1.165) is 35.9 Å². The molecule has 0 heterocycles. The van der Waals surface area contributed by atoms with Gasteiger partial charge in [0.25, 0.3) is 0 Å². The zero-order valence-corrected chi connectivity index (χ0v) is 13.2. The van der Waals surface area contributed by atoms with Crippen molar-refractivity contribution in [2.75, 3.05) is 26.9 Å². The van der Waals surface area contributed by atoms with Crippen molar-refractivity contribution in [3.8, 4) is 17.2 Å². The summed E-state index contributed by atoms with van der Waals surface area (Å²) in [6.07, 6.45) is 0. The van der Waals surface area contributed by atoms with Gasteiger partial charge in [-0.2, -0.15) is 0 Å². The molecule has 22 heavy (non-hydrogen) atoms. The second-order valence-electron chi connectivity index (χ2n) is 4.74. The molecule has 2 rings (SSSR count). The summed E-state index contributed by atoms with van der Waals surface area (Å²) in [5.74, 6) is 2.61. The first kappa shape index (κ1) is 16.2. The van der Waals surface area contributed by atoms with Gasteiger partial charge in [-0.1, -0.05) is 18.2 Å². The molecular weight excluding hydrogens is 278 g/mol. The van der Waals surface area contributed by atoms with Crippen LogP contribution in [-0.4, -0.2) is 26.9 Å². The summed E-state index contributed by atoms with van der Waals surface area (Å²) in [7, 11) is 1.65. The first-order chi connectivity index (χ1) is 10.8. The minimum absolute atomic E-state index is 0.614. The Bertz CT molecular complexity index is 555. The second kappa shape index (κ2) is 8.95. The molecule has 0 aliphatic rings. The standard InChI is InChI=1S/C18H23NO3/c1-3-21-18-7-5-4-6-15(18)14-19-12-13-22-17-10-8-16(20-2)9-11-17/h4-11,19H,3,12-14H2,1-2H3. The molecule has 1 N–H and O–H groups in total. The highest BCUT2D eigenvalue weighted by atomic mass is 16.5. The molecule has 0 fully saturated rings. The zero-order valence-electron chi connectivity index (χ0n) is 13.2. The highest BCUT2D eigenvalue weighted by molar-refractivity contribution is 5.33. The Balaban J connectivity index is 1.70. The van der Waals surface area contributed by atoms with Gasteiger partial charge in [-0.15, -0.1) is 0 Å². The molecule has 118 valence electrons. The first-order valence-electron chi connectivity index (χ1n) is 7.51. The van der Waals surface area contributed by atoms with Crippen LogP contribution in [0.4, 0.5) is 0 Å². The zero-order chi connectivity index (χ0) is 15.6. The van der Waals surface area contributed by atoms with Gasteiger partial charge in [0, 0.05) is 18.7 Å². The number of ether oxygens (including phenoxy) is 3. The van der Waals surface area contributed by atoms with Gasteiger partial charge in [-0.3, -0.25) is 0 Å². The van der Waals surface area contributed by atoms with E-state index in [1.54, 1.807) is 7.11 Å². The van der Waals surface area contributed by atoms with Gasteiger partial charge in [-0.05, 0) is 37.3 Å². The Hall–Kier alpha value is -2.20. The van der Waals surface area contributed by atoms with Crippen molar-refractivity contribution < 1.29 is 14.2 Å². The predicted octanol–water partition coefficient (Wildman–Crippen LogP) is 3.26. The molecular formula is C18H23NO3. The van der Waals surface area contributed by atoms with E-state index in [-0.39, 0.29) is 0 Å². The quantitative estimate of drug-likeness (QED) is 0.722. The topological polar surface area (TPSA) is 39.7 Å². The van der Waals surface area contributed by atoms with Crippen molar-refractivity contribution in [2.45, 2.75) is 13.5 Å². The van der Waals surface area contributed by atoms with Crippen LogP contribution in [0.5, 0.6) is 17.2 Å². The number of benzene rings is 2. The third kappa shape index (κ3) is 4.97. The molecule has 0 unspecified atom stereocenters. The number of methoxy groups -OCH3 is 1. The molecule has 2 aromatic rings. The molecule has 0 bridgehead atoms. The smallest absolute Gasteiger partial charge is 0.123 e. The Morgan fingerprint density at radius 1 is 0.909 bits per heavy atom. The molecule has 4 heteroatoms.